The van der Waals surface area contributed by atoms with Gasteiger partial charge in [-0.3, -0.25) is 4.79 Å². The number of para-hydroxylation sites is 1. The van der Waals surface area contributed by atoms with Crippen molar-refractivity contribution >= 4 is 17.4 Å². The van der Waals surface area contributed by atoms with Crippen LogP contribution in [0, 0.1) is 5.82 Å². The number of nitrogens with two attached hydrogens (primary N) is 1. The standard InChI is InChI=1S/C23H23FN4O2/c1-14(29)27-21-6-5-15(11-20(21)24)18-3-2-4-19(23(18)30)16-7-9-26-22(12-16)28-10-8-17(25)13-28/h2-7,9,11-12,17,30H,8,10,13,25H2,1H3,(H,27,29)/t17-/m1/s1. The van der Waals surface area contributed by atoms with Gasteiger partial charge in [0.2, 0.25) is 5.91 Å². The third kappa shape index (κ3) is 3.97. The van der Waals surface area contributed by atoms with E-state index in [1.165, 1.54) is 19.1 Å². The van der Waals surface area contributed by atoms with Crippen LogP contribution in [-0.2, 0) is 4.79 Å². The Balaban J connectivity index is 1.69. The van der Waals surface area contributed by atoms with Gasteiger partial charge in [0.1, 0.15) is 17.4 Å². The number of halogens is 1. The fraction of sp³-hybridized carbons (Fsp3) is 0.217. The van der Waals surface area contributed by atoms with Gasteiger partial charge in [-0.2, -0.15) is 0 Å². The maximum Gasteiger partial charge on any atom is 0.221 e. The normalized spacial score (nSPS) is 16.0. The van der Waals surface area contributed by atoms with Crippen molar-refractivity contribution < 1.29 is 14.3 Å². The lowest BCUT2D eigenvalue weighted by molar-refractivity contribution is -0.114. The largest absolute Gasteiger partial charge is 0.507 e. The number of amides is 1. The van der Waals surface area contributed by atoms with Crippen LogP contribution >= 0.6 is 0 Å². The van der Waals surface area contributed by atoms with Crippen LogP contribution in [0.2, 0.25) is 0 Å². The molecular formula is C23H23FN4O2. The predicted molar refractivity (Wildman–Crippen MR) is 116 cm³/mol. The van der Waals surface area contributed by atoms with Gasteiger partial charge < -0.3 is 21.1 Å². The van der Waals surface area contributed by atoms with E-state index in [2.05, 4.69) is 15.2 Å². The van der Waals surface area contributed by atoms with E-state index in [0.717, 1.165) is 30.9 Å². The number of nitrogens with zero attached hydrogens (tertiary/aromatic N) is 2. The number of carbonyl (C=O) groups excluding carboxylic acids is 1. The molecule has 0 radical (unpaired) electrons. The molecule has 7 heteroatoms. The minimum Gasteiger partial charge on any atom is -0.507 e. The fourth-order valence-corrected chi connectivity index (χ4v) is 3.74. The minimum atomic E-state index is -0.566. The lowest BCUT2D eigenvalue weighted by Crippen LogP contribution is -2.26. The van der Waals surface area contributed by atoms with Crippen molar-refractivity contribution in [2.24, 2.45) is 5.73 Å². The summed E-state index contributed by atoms with van der Waals surface area (Å²) >= 11 is 0. The van der Waals surface area contributed by atoms with Crippen LogP contribution in [0.15, 0.2) is 54.7 Å². The van der Waals surface area contributed by atoms with Crippen molar-refractivity contribution in [2.45, 2.75) is 19.4 Å². The van der Waals surface area contributed by atoms with Crippen LogP contribution in [0.1, 0.15) is 13.3 Å². The molecule has 2 heterocycles. The summed E-state index contributed by atoms with van der Waals surface area (Å²) in [6.45, 7) is 2.92. The minimum absolute atomic E-state index is 0.0550. The average molecular weight is 406 g/mol. The molecule has 4 rings (SSSR count). The van der Waals surface area contributed by atoms with Crippen LogP contribution in [0.4, 0.5) is 15.9 Å². The second-order valence-electron chi connectivity index (χ2n) is 7.48. The first-order chi connectivity index (χ1) is 14.4. The lowest BCUT2D eigenvalue weighted by Gasteiger charge is -2.18. The molecule has 0 saturated carbocycles. The third-order valence-corrected chi connectivity index (χ3v) is 5.23. The summed E-state index contributed by atoms with van der Waals surface area (Å²) in [6.07, 6.45) is 2.63. The lowest BCUT2D eigenvalue weighted by atomic mass is 9.97. The number of nitrogens with one attached hydrogen (secondary N) is 1. The number of pyridine rings is 1. The summed E-state index contributed by atoms with van der Waals surface area (Å²) < 4.78 is 14.4. The Bertz CT molecular complexity index is 1100. The summed E-state index contributed by atoms with van der Waals surface area (Å²) in [5.74, 6) is -0.0431. The smallest absolute Gasteiger partial charge is 0.221 e. The molecule has 1 amide bonds. The number of hydrogen-bond acceptors (Lipinski definition) is 5. The van der Waals surface area contributed by atoms with Gasteiger partial charge in [-0.25, -0.2) is 9.37 Å². The highest BCUT2D eigenvalue weighted by Crippen LogP contribution is 2.39. The number of aromatic nitrogens is 1. The van der Waals surface area contributed by atoms with Crippen LogP contribution in [0.25, 0.3) is 22.3 Å². The summed E-state index contributed by atoms with van der Waals surface area (Å²) in [5, 5.41) is 13.4. The Hall–Kier alpha value is -3.45. The van der Waals surface area contributed by atoms with E-state index in [4.69, 9.17) is 5.73 Å². The molecule has 1 saturated heterocycles. The number of phenols is 1. The maximum atomic E-state index is 14.4. The first-order valence-corrected chi connectivity index (χ1v) is 9.79. The van der Waals surface area contributed by atoms with Crippen molar-refractivity contribution in [3.05, 3.63) is 60.5 Å². The van der Waals surface area contributed by atoms with Gasteiger partial charge in [-0.15, -0.1) is 0 Å². The van der Waals surface area contributed by atoms with E-state index >= 15 is 0 Å². The molecule has 4 N–H and O–H groups in total. The monoisotopic (exact) mass is 406 g/mol. The third-order valence-electron chi connectivity index (χ3n) is 5.23. The van der Waals surface area contributed by atoms with Crippen molar-refractivity contribution in [3.63, 3.8) is 0 Å². The Morgan fingerprint density at radius 3 is 2.57 bits per heavy atom. The zero-order chi connectivity index (χ0) is 21.3. The summed E-state index contributed by atoms with van der Waals surface area (Å²) in [5.41, 5.74) is 8.57. The van der Waals surface area contributed by atoms with Gasteiger partial charge in [0.15, 0.2) is 0 Å². The second kappa shape index (κ2) is 8.12. The molecule has 3 aromatic rings. The van der Waals surface area contributed by atoms with Gasteiger partial charge in [-0.1, -0.05) is 24.3 Å². The molecule has 0 unspecified atom stereocenters. The van der Waals surface area contributed by atoms with Crippen molar-refractivity contribution in [1.29, 1.82) is 0 Å². The van der Waals surface area contributed by atoms with Gasteiger partial charge in [0.05, 0.1) is 5.69 Å². The highest BCUT2D eigenvalue weighted by molar-refractivity contribution is 5.89. The number of aromatic hydroxyl groups is 1. The fourth-order valence-electron chi connectivity index (χ4n) is 3.74. The topological polar surface area (TPSA) is 91.5 Å². The van der Waals surface area contributed by atoms with Crippen molar-refractivity contribution in [3.8, 4) is 28.0 Å². The highest BCUT2D eigenvalue weighted by Gasteiger charge is 2.21. The first-order valence-electron chi connectivity index (χ1n) is 9.79. The molecule has 30 heavy (non-hydrogen) atoms. The molecule has 1 aromatic heterocycles. The number of anilines is 2. The summed E-state index contributed by atoms with van der Waals surface area (Å²) in [6, 6.07) is 13.7. The number of phenolic OH excluding ortho intramolecular Hbond substituents is 1. The van der Waals surface area contributed by atoms with E-state index in [9.17, 15) is 14.3 Å². The van der Waals surface area contributed by atoms with E-state index < -0.39 is 5.82 Å². The Morgan fingerprint density at radius 2 is 1.93 bits per heavy atom. The quantitative estimate of drug-likeness (QED) is 0.614. The molecule has 0 aliphatic carbocycles. The van der Waals surface area contributed by atoms with Gasteiger partial charge in [0, 0.05) is 43.4 Å². The molecule has 1 atom stereocenters. The number of rotatable bonds is 4. The number of hydrogen-bond donors (Lipinski definition) is 3. The van der Waals surface area contributed by atoms with E-state index in [1.807, 2.05) is 24.3 Å². The predicted octanol–water partition coefficient (Wildman–Crippen LogP) is 3.76. The summed E-state index contributed by atoms with van der Waals surface area (Å²) in [4.78, 5) is 17.8. The van der Waals surface area contributed by atoms with E-state index in [1.54, 1.807) is 18.3 Å². The maximum absolute atomic E-state index is 14.4. The Labute approximate surface area is 174 Å². The SMILES string of the molecule is CC(=O)Nc1ccc(-c2cccc(-c3ccnc(N4CC[C@@H](N)C4)c3)c2O)cc1F. The van der Waals surface area contributed by atoms with Crippen molar-refractivity contribution in [1.82, 2.24) is 4.98 Å². The zero-order valence-electron chi connectivity index (χ0n) is 16.6. The highest BCUT2D eigenvalue weighted by atomic mass is 19.1. The van der Waals surface area contributed by atoms with Crippen molar-refractivity contribution in [2.75, 3.05) is 23.3 Å². The molecular weight excluding hydrogens is 383 g/mol. The van der Waals surface area contributed by atoms with Gasteiger partial charge >= 0.3 is 0 Å². The average Bonchev–Trinajstić information content (AvgIpc) is 3.16. The molecule has 2 aromatic carbocycles. The van der Waals surface area contributed by atoms with Crippen LogP contribution in [-0.4, -0.2) is 35.1 Å². The van der Waals surface area contributed by atoms with Crippen LogP contribution in [0.3, 0.4) is 0 Å². The molecule has 1 fully saturated rings. The molecule has 0 spiro atoms. The van der Waals surface area contributed by atoms with E-state index in [-0.39, 0.29) is 23.4 Å². The Morgan fingerprint density at radius 1 is 1.20 bits per heavy atom. The van der Waals surface area contributed by atoms with Crippen LogP contribution < -0.4 is 16.0 Å². The Kier molecular flexibility index (Phi) is 5.37. The van der Waals surface area contributed by atoms with E-state index in [0.29, 0.717) is 16.7 Å². The number of benzene rings is 2. The zero-order valence-corrected chi connectivity index (χ0v) is 16.6. The van der Waals surface area contributed by atoms with Gasteiger partial charge in [0.25, 0.3) is 0 Å². The molecule has 154 valence electrons. The molecule has 6 nitrogen and oxygen atoms in total. The number of carbonyl (C=O) groups is 1. The van der Waals surface area contributed by atoms with Crippen LogP contribution in [0.5, 0.6) is 5.75 Å². The second-order valence-corrected chi connectivity index (χ2v) is 7.48. The first kappa shape index (κ1) is 19.8. The summed E-state index contributed by atoms with van der Waals surface area (Å²) in [7, 11) is 0. The molecule has 1 aliphatic heterocycles. The molecule has 0 bridgehead atoms. The molecule has 1 aliphatic rings. The van der Waals surface area contributed by atoms with Gasteiger partial charge in [-0.05, 0) is 41.8 Å².